The van der Waals surface area contributed by atoms with E-state index >= 15 is 0 Å². The SMILES string of the molecule is COc1ccccc1C1(CNC(=O)NC2CCC(C(=O)O)CC2)CCCC1. The molecule has 1 aromatic carbocycles. The molecule has 148 valence electrons. The number of carboxylic acids is 1. The highest BCUT2D eigenvalue weighted by Gasteiger charge is 2.38. The second-order valence-electron chi connectivity index (χ2n) is 7.90. The number of benzene rings is 1. The molecule has 1 aromatic rings. The third-order valence-electron chi connectivity index (χ3n) is 6.24. The summed E-state index contributed by atoms with van der Waals surface area (Å²) in [6, 6.07) is 7.99. The van der Waals surface area contributed by atoms with Crippen molar-refractivity contribution < 1.29 is 19.4 Å². The smallest absolute Gasteiger partial charge is 0.315 e. The number of carbonyl (C=O) groups excluding carboxylic acids is 1. The first-order chi connectivity index (χ1) is 13.0. The van der Waals surface area contributed by atoms with Crippen LogP contribution in [-0.4, -0.2) is 36.8 Å². The molecule has 27 heavy (non-hydrogen) atoms. The predicted octanol–water partition coefficient (Wildman–Crippen LogP) is 3.45. The van der Waals surface area contributed by atoms with Crippen LogP contribution >= 0.6 is 0 Å². The topological polar surface area (TPSA) is 87.7 Å². The zero-order valence-corrected chi connectivity index (χ0v) is 16.0. The van der Waals surface area contributed by atoms with Crippen LogP contribution in [0.4, 0.5) is 4.79 Å². The molecule has 0 heterocycles. The lowest BCUT2D eigenvalue weighted by atomic mass is 9.78. The highest BCUT2D eigenvalue weighted by molar-refractivity contribution is 5.74. The average molecular weight is 374 g/mol. The predicted molar refractivity (Wildman–Crippen MR) is 103 cm³/mol. The minimum Gasteiger partial charge on any atom is -0.496 e. The molecule has 0 atom stereocenters. The number of rotatable bonds is 6. The number of ether oxygens (including phenoxy) is 1. The van der Waals surface area contributed by atoms with Crippen LogP contribution in [0.15, 0.2) is 24.3 Å². The summed E-state index contributed by atoms with van der Waals surface area (Å²) in [6.07, 6.45) is 7.09. The second kappa shape index (κ2) is 8.63. The maximum Gasteiger partial charge on any atom is 0.315 e. The molecule has 2 aliphatic rings. The van der Waals surface area contributed by atoms with Crippen LogP contribution in [0.5, 0.6) is 5.75 Å². The van der Waals surface area contributed by atoms with Crippen LogP contribution in [0.2, 0.25) is 0 Å². The Bertz CT molecular complexity index is 662. The Kier molecular flexibility index (Phi) is 6.24. The zero-order chi connectivity index (χ0) is 19.3. The summed E-state index contributed by atoms with van der Waals surface area (Å²) in [5, 5.41) is 15.2. The molecular formula is C21H30N2O4. The number of hydrogen-bond donors (Lipinski definition) is 3. The lowest BCUT2D eigenvalue weighted by molar-refractivity contribution is -0.142. The lowest BCUT2D eigenvalue weighted by Gasteiger charge is -2.32. The van der Waals surface area contributed by atoms with Crippen molar-refractivity contribution in [3.05, 3.63) is 29.8 Å². The maximum absolute atomic E-state index is 12.4. The summed E-state index contributed by atoms with van der Waals surface area (Å²) in [5.41, 5.74) is 1.09. The third kappa shape index (κ3) is 4.54. The number of amides is 2. The van der Waals surface area contributed by atoms with Gasteiger partial charge in [0.15, 0.2) is 0 Å². The number of carboxylic acid groups (broad SMARTS) is 1. The van der Waals surface area contributed by atoms with Gasteiger partial charge in [-0.2, -0.15) is 0 Å². The minimum atomic E-state index is -0.724. The van der Waals surface area contributed by atoms with Crippen molar-refractivity contribution in [2.24, 2.45) is 5.92 Å². The molecule has 6 nitrogen and oxygen atoms in total. The standard InChI is InChI=1S/C21H30N2O4/c1-27-18-7-3-2-6-17(18)21(12-4-5-13-21)14-22-20(26)23-16-10-8-15(9-11-16)19(24)25/h2-3,6-7,15-16H,4-5,8-14H2,1H3,(H,24,25)(H2,22,23,26). The zero-order valence-electron chi connectivity index (χ0n) is 16.0. The number of aliphatic carboxylic acids is 1. The molecule has 0 aliphatic heterocycles. The van der Waals surface area contributed by atoms with Gasteiger partial charge in [0.05, 0.1) is 13.0 Å². The van der Waals surface area contributed by atoms with Gasteiger partial charge in [-0.05, 0) is 44.6 Å². The van der Waals surface area contributed by atoms with Crippen molar-refractivity contribution in [2.75, 3.05) is 13.7 Å². The van der Waals surface area contributed by atoms with Crippen LogP contribution in [0.25, 0.3) is 0 Å². The van der Waals surface area contributed by atoms with Gasteiger partial charge in [0.25, 0.3) is 0 Å². The summed E-state index contributed by atoms with van der Waals surface area (Å²) in [6.45, 7) is 0.587. The molecule has 3 rings (SSSR count). The molecule has 3 N–H and O–H groups in total. The van der Waals surface area contributed by atoms with Gasteiger partial charge >= 0.3 is 12.0 Å². The number of hydrogen-bond acceptors (Lipinski definition) is 3. The van der Waals surface area contributed by atoms with Crippen molar-refractivity contribution in [2.45, 2.75) is 62.8 Å². The molecule has 0 bridgehead atoms. The van der Waals surface area contributed by atoms with Crippen LogP contribution in [0, 0.1) is 5.92 Å². The van der Waals surface area contributed by atoms with E-state index < -0.39 is 5.97 Å². The van der Waals surface area contributed by atoms with Crippen molar-refractivity contribution in [3.8, 4) is 5.75 Å². The van der Waals surface area contributed by atoms with Gasteiger partial charge in [-0.25, -0.2) is 4.79 Å². The minimum absolute atomic E-state index is 0.0615. The van der Waals surface area contributed by atoms with Gasteiger partial charge in [-0.1, -0.05) is 31.0 Å². The van der Waals surface area contributed by atoms with Crippen molar-refractivity contribution in [1.29, 1.82) is 0 Å². The lowest BCUT2D eigenvalue weighted by Crippen LogP contribution is -2.48. The molecule has 6 heteroatoms. The molecule has 0 saturated heterocycles. The van der Waals surface area contributed by atoms with Gasteiger partial charge in [0.2, 0.25) is 0 Å². The van der Waals surface area contributed by atoms with E-state index in [1.165, 1.54) is 5.56 Å². The van der Waals surface area contributed by atoms with E-state index in [0.717, 1.165) is 44.3 Å². The summed E-state index contributed by atoms with van der Waals surface area (Å²) in [7, 11) is 1.69. The summed E-state index contributed by atoms with van der Waals surface area (Å²) in [5.74, 6) is -0.107. The van der Waals surface area contributed by atoms with Crippen LogP contribution in [-0.2, 0) is 10.2 Å². The Morgan fingerprint density at radius 2 is 1.81 bits per heavy atom. The van der Waals surface area contributed by atoms with E-state index in [1.54, 1.807) is 7.11 Å². The van der Waals surface area contributed by atoms with Gasteiger partial charge in [-0.3, -0.25) is 4.79 Å². The number of methoxy groups -OCH3 is 1. The molecule has 2 amide bonds. The Morgan fingerprint density at radius 3 is 2.44 bits per heavy atom. The van der Waals surface area contributed by atoms with Crippen molar-refractivity contribution in [3.63, 3.8) is 0 Å². The van der Waals surface area contributed by atoms with Gasteiger partial charge in [0.1, 0.15) is 5.75 Å². The second-order valence-corrected chi connectivity index (χ2v) is 7.90. The maximum atomic E-state index is 12.4. The van der Waals surface area contributed by atoms with Crippen molar-refractivity contribution in [1.82, 2.24) is 10.6 Å². The van der Waals surface area contributed by atoms with E-state index in [1.807, 2.05) is 18.2 Å². The van der Waals surface area contributed by atoms with E-state index in [0.29, 0.717) is 19.4 Å². The summed E-state index contributed by atoms with van der Waals surface area (Å²) >= 11 is 0. The first-order valence-electron chi connectivity index (χ1n) is 9.95. The van der Waals surface area contributed by atoms with Crippen LogP contribution < -0.4 is 15.4 Å². The molecule has 0 spiro atoms. The quantitative estimate of drug-likeness (QED) is 0.712. The Labute approximate surface area is 160 Å². The number of urea groups is 1. The normalized spacial score (nSPS) is 24.2. The largest absolute Gasteiger partial charge is 0.496 e. The first kappa shape index (κ1) is 19.5. The monoisotopic (exact) mass is 374 g/mol. The molecule has 2 fully saturated rings. The molecule has 2 aliphatic carbocycles. The Morgan fingerprint density at radius 1 is 1.15 bits per heavy atom. The molecular weight excluding hydrogens is 344 g/mol. The van der Waals surface area contributed by atoms with Gasteiger partial charge in [-0.15, -0.1) is 0 Å². The number of carbonyl (C=O) groups is 2. The van der Waals surface area contributed by atoms with E-state index in [2.05, 4.69) is 16.7 Å². The van der Waals surface area contributed by atoms with Gasteiger partial charge < -0.3 is 20.5 Å². The van der Waals surface area contributed by atoms with E-state index in [9.17, 15) is 9.59 Å². The molecule has 2 saturated carbocycles. The highest BCUT2D eigenvalue weighted by atomic mass is 16.5. The number of nitrogens with one attached hydrogen (secondary N) is 2. The van der Waals surface area contributed by atoms with Crippen LogP contribution in [0.3, 0.4) is 0 Å². The molecule has 0 radical (unpaired) electrons. The highest BCUT2D eigenvalue weighted by Crippen LogP contribution is 2.44. The molecule has 0 aromatic heterocycles. The van der Waals surface area contributed by atoms with Gasteiger partial charge in [0, 0.05) is 23.6 Å². The number of para-hydroxylation sites is 1. The molecule has 0 unspecified atom stereocenters. The Hall–Kier alpha value is -2.24. The fourth-order valence-electron chi connectivity index (χ4n) is 4.65. The average Bonchev–Trinajstić information content (AvgIpc) is 3.17. The summed E-state index contributed by atoms with van der Waals surface area (Å²) in [4.78, 5) is 23.5. The Balaban J connectivity index is 1.57. The fourth-order valence-corrected chi connectivity index (χ4v) is 4.65. The third-order valence-corrected chi connectivity index (χ3v) is 6.24. The fraction of sp³-hybridized carbons (Fsp3) is 0.619. The summed E-state index contributed by atoms with van der Waals surface area (Å²) < 4.78 is 5.56. The van der Waals surface area contributed by atoms with Crippen LogP contribution in [0.1, 0.15) is 56.9 Å². The first-order valence-corrected chi connectivity index (χ1v) is 9.95. The van der Waals surface area contributed by atoms with E-state index in [-0.39, 0.29) is 23.4 Å². The van der Waals surface area contributed by atoms with E-state index in [4.69, 9.17) is 9.84 Å². The van der Waals surface area contributed by atoms with Crippen molar-refractivity contribution >= 4 is 12.0 Å².